The third-order valence-electron chi connectivity index (χ3n) is 2.70. The fraction of sp³-hybridized carbons (Fsp3) is 0.200. The summed E-state index contributed by atoms with van der Waals surface area (Å²) in [7, 11) is 0. The molecule has 0 radical (unpaired) electrons. The van der Waals surface area contributed by atoms with Crippen LogP contribution < -0.4 is 5.73 Å². The SMILES string of the molecule is CC(N)c1ccc(Br)cc1SCc1ccccc1. The van der Waals surface area contributed by atoms with Gasteiger partial charge in [-0.1, -0.05) is 52.3 Å². The quantitative estimate of drug-likeness (QED) is 0.821. The van der Waals surface area contributed by atoms with Crippen LogP contribution in [0, 0.1) is 0 Å². The van der Waals surface area contributed by atoms with Crippen LogP contribution in [0.25, 0.3) is 0 Å². The van der Waals surface area contributed by atoms with Crippen molar-refractivity contribution in [3.63, 3.8) is 0 Å². The first kappa shape index (κ1) is 13.7. The van der Waals surface area contributed by atoms with Crippen molar-refractivity contribution >= 4 is 27.7 Å². The maximum absolute atomic E-state index is 6.00. The summed E-state index contributed by atoms with van der Waals surface area (Å²) in [4.78, 5) is 1.25. The molecule has 0 fully saturated rings. The van der Waals surface area contributed by atoms with E-state index in [2.05, 4.69) is 52.3 Å². The van der Waals surface area contributed by atoms with Gasteiger partial charge in [-0.2, -0.15) is 0 Å². The second kappa shape index (κ2) is 6.41. The number of nitrogens with two attached hydrogens (primary N) is 1. The van der Waals surface area contributed by atoms with E-state index in [0.717, 1.165) is 10.2 Å². The lowest BCUT2D eigenvalue weighted by Gasteiger charge is -2.12. The molecule has 18 heavy (non-hydrogen) atoms. The lowest BCUT2D eigenvalue weighted by molar-refractivity contribution is 0.797. The average molecular weight is 322 g/mol. The van der Waals surface area contributed by atoms with Gasteiger partial charge in [-0.25, -0.2) is 0 Å². The molecule has 0 aromatic heterocycles. The molecule has 1 nitrogen and oxygen atoms in total. The van der Waals surface area contributed by atoms with Crippen LogP contribution in [-0.4, -0.2) is 0 Å². The van der Waals surface area contributed by atoms with Crippen LogP contribution in [0.4, 0.5) is 0 Å². The fourth-order valence-corrected chi connectivity index (χ4v) is 3.40. The monoisotopic (exact) mass is 321 g/mol. The van der Waals surface area contributed by atoms with Gasteiger partial charge in [0.05, 0.1) is 0 Å². The Hall–Kier alpha value is -0.770. The van der Waals surface area contributed by atoms with Crippen molar-refractivity contribution in [3.8, 4) is 0 Å². The van der Waals surface area contributed by atoms with Crippen LogP contribution in [-0.2, 0) is 5.75 Å². The Balaban J connectivity index is 2.15. The van der Waals surface area contributed by atoms with Gasteiger partial charge in [0.25, 0.3) is 0 Å². The first-order valence-electron chi connectivity index (χ1n) is 5.88. The number of rotatable bonds is 4. The summed E-state index contributed by atoms with van der Waals surface area (Å²) in [6, 6.07) is 16.8. The van der Waals surface area contributed by atoms with Gasteiger partial charge in [0.15, 0.2) is 0 Å². The molecular formula is C15H16BrNS. The molecule has 0 heterocycles. The standard InChI is InChI=1S/C15H16BrNS/c1-11(17)14-8-7-13(16)9-15(14)18-10-12-5-3-2-4-6-12/h2-9,11H,10,17H2,1H3. The van der Waals surface area contributed by atoms with Crippen molar-refractivity contribution < 1.29 is 0 Å². The Morgan fingerprint density at radius 3 is 2.56 bits per heavy atom. The molecule has 0 aliphatic carbocycles. The normalized spacial score (nSPS) is 12.4. The van der Waals surface area contributed by atoms with Gasteiger partial charge in [-0.3, -0.25) is 0 Å². The largest absolute Gasteiger partial charge is 0.324 e. The Labute approximate surface area is 121 Å². The molecule has 0 amide bonds. The molecular weight excluding hydrogens is 306 g/mol. The number of hydrogen-bond acceptors (Lipinski definition) is 2. The summed E-state index contributed by atoms with van der Waals surface area (Å²) in [5.41, 5.74) is 8.54. The Kier molecular flexibility index (Phi) is 4.87. The van der Waals surface area contributed by atoms with Crippen LogP contribution in [0.5, 0.6) is 0 Å². The predicted octanol–water partition coefficient (Wildman–Crippen LogP) is 4.76. The van der Waals surface area contributed by atoms with E-state index in [1.54, 1.807) is 0 Å². The number of hydrogen-bond donors (Lipinski definition) is 1. The summed E-state index contributed by atoms with van der Waals surface area (Å²) in [5.74, 6) is 0.969. The Bertz CT molecular complexity index is 511. The van der Waals surface area contributed by atoms with Gasteiger partial charge in [0.2, 0.25) is 0 Å². The zero-order chi connectivity index (χ0) is 13.0. The summed E-state index contributed by atoms with van der Waals surface area (Å²) < 4.78 is 1.10. The zero-order valence-corrected chi connectivity index (χ0v) is 12.7. The molecule has 2 aromatic carbocycles. The minimum Gasteiger partial charge on any atom is -0.324 e. The molecule has 2 N–H and O–H groups in total. The van der Waals surface area contributed by atoms with Gasteiger partial charge in [0, 0.05) is 21.2 Å². The van der Waals surface area contributed by atoms with E-state index in [1.165, 1.54) is 16.0 Å². The van der Waals surface area contributed by atoms with E-state index in [-0.39, 0.29) is 6.04 Å². The topological polar surface area (TPSA) is 26.0 Å². The molecule has 0 saturated carbocycles. The van der Waals surface area contributed by atoms with Gasteiger partial charge >= 0.3 is 0 Å². The average Bonchev–Trinajstić information content (AvgIpc) is 2.37. The lowest BCUT2D eigenvalue weighted by atomic mass is 10.1. The number of thioether (sulfide) groups is 1. The van der Waals surface area contributed by atoms with E-state index in [0.29, 0.717) is 0 Å². The second-order valence-corrected chi connectivity index (χ2v) is 6.18. The molecule has 3 heteroatoms. The summed E-state index contributed by atoms with van der Waals surface area (Å²) in [5, 5.41) is 0. The minimum atomic E-state index is 0.0661. The predicted molar refractivity (Wildman–Crippen MR) is 82.7 cm³/mol. The minimum absolute atomic E-state index is 0.0661. The third-order valence-corrected chi connectivity index (χ3v) is 4.34. The van der Waals surface area contributed by atoms with Crippen molar-refractivity contribution in [1.29, 1.82) is 0 Å². The smallest absolute Gasteiger partial charge is 0.0277 e. The summed E-state index contributed by atoms with van der Waals surface area (Å²) in [6.45, 7) is 2.02. The molecule has 0 bridgehead atoms. The highest BCUT2D eigenvalue weighted by Gasteiger charge is 2.08. The lowest BCUT2D eigenvalue weighted by Crippen LogP contribution is -2.06. The van der Waals surface area contributed by atoms with Crippen molar-refractivity contribution in [2.75, 3.05) is 0 Å². The summed E-state index contributed by atoms with van der Waals surface area (Å²) in [6.07, 6.45) is 0. The maximum atomic E-state index is 6.00. The highest BCUT2D eigenvalue weighted by molar-refractivity contribution is 9.10. The van der Waals surface area contributed by atoms with Crippen LogP contribution in [0.3, 0.4) is 0 Å². The molecule has 0 saturated heterocycles. The van der Waals surface area contributed by atoms with Crippen molar-refractivity contribution in [2.45, 2.75) is 23.6 Å². The van der Waals surface area contributed by atoms with Crippen molar-refractivity contribution in [3.05, 3.63) is 64.1 Å². The molecule has 2 rings (SSSR count). The molecule has 1 unspecified atom stereocenters. The zero-order valence-electron chi connectivity index (χ0n) is 10.3. The summed E-state index contributed by atoms with van der Waals surface area (Å²) >= 11 is 5.35. The van der Waals surface area contributed by atoms with E-state index >= 15 is 0 Å². The molecule has 0 aliphatic heterocycles. The highest BCUT2D eigenvalue weighted by Crippen LogP contribution is 2.31. The van der Waals surface area contributed by atoms with Crippen molar-refractivity contribution in [2.24, 2.45) is 5.73 Å². The highest BCUT2D eigenvalue weighted by atomic mass is 79.9. The molecule has 0 aliphatic rings. The maximum Gasteiger partial charge on any atom is 0.0277 e. The molecule has 2 aromatic rings. The van der Waals surface area contributed by atoms with Crippen LogP contribution in [0.15, 0.2) is 57.9 Å². The Morgan fingerprint density at radius 2 is 1.89 bits per heavy atom. The van der Waals surface area contributed by atoms with Gasteiger partial charge in [-0.15, -0.1) is 11.8 Å². The fourth-order valence-electron chi connectivity index (χ4n) is 1.74. The third kappa shape index (κ3) is 3.61. The van der Waals surface area contributed by atoms with Crippen LogP contribution in [0.2, 0.25) is 0 Å². The first-order valence-corrected chi connectivity index (χ1v) is 7.66. The second-order valence-electron chi connectivity index (χ2n) is 4.25. The van der Waals surface area contributed by atoms with Crippen LogP contribution in [0.1, 0.15) is 24.1 Å². The molecule has 1 atom stereocenters. The van der Waals surface area contributed by atoms with E-state index in [4.69, 9.17) is 5.73 Å². The first-order chi connectivity index (χ1) is 8.66. The van der Waals surface area contributed by atoms with E-state index in [9.17, 15) is 0 Å². The molecule has 0 spiro atoms. The van der Waals surface area contributed by atoms with Crippen molar-refractivity contribution in [1.82, 2.24) is 0 Å². The molecule has 94 valence electrons. The van der Waals surface area contributed by atoms with E-state index < -0.39 is 0 Å². The number of halogens is 1. The number of benzene rings is 2. The van der Waals surface area contributed by atoms with Gasteiger partial charge < -0.3 is 5.73 Å². The Morgan fingerprint density at radius 1 is 1.17 bits per heavy atom. The van der Waals surface area contributed by atoms with Crippen LogP contribution >= 0.6 is 27.7 Å². The van der Waals surface area contributed by atoms with Gasteiger partial charge in [0.1, 0.15) is 0 Å². The van der Waals surface area contributed by atoms with Gasteiger partial charge in [-0.05, 0) is 30.2 Å². The van der Waals surface area contributed by atoms with E-state index in [1.807, 2.05) is 30.8 Å².